The fourth-order valence-electron chi connectivity index (χ4n) is 24.9. The van der Waals surface area contributed by atoms with Gasteiger partial charge in [-0.25, -0.2) is 0 Å². The van der Waals surface area contributed by atoms with Gasteiger partial charge < -0.3 is 40.7 Å². The van der Waals surface area contributed by atoms with Crippen molar-refractivity contribution in [3.05, 3.63) is 509 Å². The molecule has 9 nitrogen and oxygen atoms in total. The zero-order valence-corrected chi connectivity index (χ0v) is 80.2. The van der Waals surface area contributed by atoms with E-state index in [1.54, 1.807) is 0 Å². The number of fused-ring (bicyclic) bond motifs is 28. The van der Waals surface area contributed by atoms with Crippen LogP contribution in [0.2, 0.25) is 0 Å². The number of furan rings is 3. The third-order valence-electron chi connectivity index (χ3n) is 31.3. The largest absolute Gasteiger partial charge is 0.456 e. The van der Waals surface area contributed by atoms with Crippen molar-refractivity contribution in [1.29, 1.82) is 0 Å². The van der Waals surface area contributed by atoms with Gasteiger partial charge in [-0.15, -0.1) is 0 Å². The molecule has 9 heterocycles. The summed E-state index contributed by atoms with van der Waals surface area (Å²) in [5, 5.41) is 19.4. The molecule has 31 rings (SSSR count). The lowest BCUT2D eigenvalue weighted by molar-refractivity contribution is 0.664. The molecule has 22 aromatic carbocycles. The van der Waals surface area contributed by atoms with Crippen LogP contribution in [0.5, 0.6) is 0 Å². The molecule has 0 aliphatic carbocycles. The summed E-state index contributed by atoms with van der Waals surface area (Å²) in [7, 11) is 0. The number of aromatic nitrogens is 6. The Hall–Kier alpha value is -19.7. The fraction of sp³-hybridized carbons (Fsp3) is 0.00719. The molecule has 0 saturated carbocycles. The fourth-order valence-corrected chi connectivity index (χ4v) is 24.9. The summed E-state index contributed by atoms with van der Waals surface area (Å²) in [4.78, 5) is 0. The van der Waals surface area contributed by atoms with Crippen LogP contribution in [0.15, 0.2) is 505 Å². The van der Waals surface area contributed by atoms with Crippen LogP contribution in [0.4, 0.5) is 0 Å². The predicted molar refractivity (Wildman–Crippen MR) is 619 cm³/mol. The number of rotatable bonds is 16. The molecule has 0 amide bonds. The van der Waals surface area contributed by atoms with Gasteiger partial charge in [0.05, 0.1) is 66.4 Å². The molecular formula is C139H86N6O3. The first-order valence-electron chi connectivity index (χ1n) is 50.7. The van der Waals surface area contributed by atoms with E-state index in [0.717, 1.165) is 232 Å². The smallest absolute Gasteiger partial charge is 0.143 e. The van der Waals surface area contributed by atoms with E-state index in [9.17, 15) is 0 Å². The van der Waals surface area contributed by atoms with E-state index in [1.165, 1.54) is 71.0 Å². The van der Waals surface area contributed by atoms with E-state index >= 15 is 0 Å². The van der Waals surface area contributed by atoms with Crippen molar-refractivity contribution in [3.8, 4) is 101 Å². The molecule has 0 radical (unpaired) electrons. The molecule has 9 aromatic heterocycles. The first kappa shape index (κ1) is 82.9. The van der Waals surface area contributed by atoms with Crippen molar-refractivity contribution < 1.29 is 13.3 Å². The van der Waals surface area contributed by atoms with Crippen LogP contribution in [0, 0.1) is 0 Å². The van der Waals surface area contributed by atoms with Gasteiger partial charge in [-0.1, -0.05) is 316 Å². The minimum Gasteiger partial charge on any atom is -0.456 e. The normalized spacial score (nSPS) is 12.2. The second kappa shape index (κ2) is 32.7. The molecule has 148 heavy (non-hydrogen) atoms. The summed E-state index contributed by atoms with van der Waals surface area (Å²) < 4.78 is 35.7. The van der Waals surface area contributed by atoms with E-state index in [0.29, 0.717) is 6.42 Å². The van der Waals surface area contributed by atoms with Crippen molar-refractivity contribution in [2.24, 2.45) is 0 Å². The van der Waals surface area contributed by atoms with Crippen LogP contribution in [0.1, 0.15) is 16.8 Å². The number of nitrogens with zero attached hydrogens (tertiary/aromatic N) is 6. The summed E-state index contributed by atoms with van der Waals surface area (Å²) in [5.74, 6) is 0. The third-order valence-corrected chi connectivity index (χ3v) is 31.3. The zero-order chi connectivity index (χ0) is 97.0. The van der Waals surface area contributed by atoms with E-state index in [-0.39, 0.29) is 0 Å². The number of para-hydroxylation sites is 8. The second-order valence-electron chi connectivity index (χ2n) is 39.1. The molecule has 0 bridgehead atoms. The lowest BCUT2D eigenvalue weighted by Crippen LogP contribution is -1.98. The molecule has 9 heteroatoms. The lowest BCUT2D eigenvalue weighted by Gasteiger charge is -2.13. The van der Waals surface area contributed by atoms with Gasteiger partial charge in [0.15, 0.2) is 0 Å². The summed E-state index contributed by atoms with van der Waals surface area (Å²) in [6.45, 7) is 4.71. The van der Waals surface area contributed by atoms with Gasteiger partial charge in [0, 0.05) is 137 Å². The molecule has 0 saturated heterocycles. The van der Waals surface area contributed by atoms with Gasteiger partial charge in [0.2, 0.25) is 0 Å². The van der Waals surface area contributed by atoms with Crippen molar-refractivity contribution >= 4 is 198 Å². The Morgan fingerprint density at radius 1 is 0.189 bits per heavy atom. The summed E-state index contributed by atoms with van der Waals surface area (Å²) in [6, 6.07) is 175. The van der Waals surface area contributed by atoms with E-state index in [4.69, 9.17) is 19.8 Å². The lowest BCUT2D eigenvalue weighted by atomic mass is 9.93. The molecule has 0 N–H and O–H groups in total. The first-order valence-corrected chi connectivity index (χ1v) is 50.7. The first-order chi connectivity index (χ1) is 73.4. The molecule has 0 fully saturated rings. The Balaban J connectivity index is 0.554. The molecular weight excluding hydrogens is 1800 g/mol. The highest BCUT2D eigenvalue weighted by Gasteiger charge is 2.30. The van der Waals surface area contributed by atoms with E-state index in [1.807, 2.05) is 12.1 Å². The highest BCUT2D eigenvalue weighted by atomic mass is 16.3. The minimum atomic E-state index is 0.562. The molecule has 0 aliphatic rings. The SMILES string of the molecule is C=Cc1c(/C=C\Cc2ccc(-c3cccc(-n4c5ccc(-c6ccc(-c7cccc(-n8c9ccccc9c9c%10c%11ccccc%11n(-c%11ccccc%11)c%10ccc98)c7)c7c6oc6ccccc67)cc5c5c6c7ccccc7n(-c7ccc(-c8ccccc8)cc7)c6ccc54)c3)c3c2oc2ccccc23)n(-c2cccc(-c3ccc4oc5ccccc5c4c3)c2)c2ccc3c(c4ccccc4n3-c3ccc(-c4ccccc4)cc3)c12. The zero-order valence-electron chi connectivity index (χ0n) is 80.2. The molecule has 0 spiro atoms. The van der Waals surface area contributed by atoms with E-state index < -0.39 is 0 Å². The Bertz CT molecular complexity index is 11100. The Morgan fingerprint density at radius 3 is 1.02 bits per heavy atom. The Morgan fingerprint density at radius 2 is 0.507 bits per heavy atom. The predicted octanol–water partition coefficient (Wildman–Crippen LogP) is 37.7. The van der Waals surface area contributed by atoms with Gasteiger partial charge in [0.1, 0.15) is 33.5 Å². The van der Waals surface area contributed by atoms with Crippen LogP contribution in [-0.4, -0.2) is 27.4 Å². The topological polar surface area (TPSA) is 69.0 Å². The van der Waals surface area contributed by atoms with Gasteiger partial charge in [-0.2, -0.15) is 0 Å². The maximum absolute atomic E-state index is 7.35. The third kappa shape index (κ3) is 12.5. The molecule has 0 atom stereocenters. The van der Waals surface area contributed by atoms with Gasteiger partial charge >= 0.3 is 0 Å². The van der Waals surface area contributed by atoms with E-state index in [2.05, 4.69) is 513 Å². The van der Waals surface area contributed by atoms with Crippen molar-refractivity contribution in [2.75, 3.05) is 0 Å². The Labute approximate surface area is 848 Å². The Kier molecular flexibility index (Phi) is 18.3. The highest BCUT2D eigenvalue weighted by molar-refractivity contribution is 6.32. The summed E-state index contributed by atoms with van der Waals surface area (Å²) in [6.07, 6.45) is 7.28. The van der Waals surface area contributed by atoms with Crippen LogP contribution >= 0.6 is 0 Å². The maximum atomic E-state index is 7.35. The number of hydrogen-bond acceptors (Lipinski definition) is 3. The minimum absolute atomic E-state index is 0.562. The number of allylic oxidation sites excluding steroid dienone is 1. The monoisotopic (exact) mass is 1890 g/mol. The number of hydrogen-bond donors (Lipinski definition) is 0. The molecule has 690 valence electrons. The standard InChI is InChI=1S/C139H86N6O3/c1-2-101-114(143(98-40-26-35-90(80-98)91-64-79-129-112(83-91)105-43-16-23-55-126(105)146-129)120-73-74-121-133(132(101)120)106-44-12-20-51-116(106)141(121)96-65-58-87(59-66-96)85-30-6-3-7-31-85)54-29-34-89-62-69-102(130-110-48-17-24-56-127(110)147-138(89)130)92-36-27-42-100(81-92)145-119-72-63-94(84-113(119)137-125(145)78-76-123-136(137)108-46-14-21-52-117(108)142(123)97-67-60-88(61-68-97)86-32-8-4-9-33-86)104-71-70-103(131-111-49-18-25-57-128(111)148-139(104)131)93-37-28-41-99(82-93)144-118-53-22-15-47-109(118)135-124(144)77-75-122-134(135)107-45-13-19-50-115(107)140(122)95-38-10-5-11-39-95/h2-33,35-84H,1,34H2/b54-29-. The van der Waals surface area contributed by atoms with Crippen molar-refractivity contribution in [1.82, 2.24) is 27.4 Å². The molecule has 0 aliphatic heterocycles. The maximum Gasteiger partial charge on any atom is 0.143 e. The quantitative estimate of drug-likeness (QED) is 0.0968. The van der Waals surface area contributed by atoms with Crippen molar-refractivity contribution in [3.63, 3.8) is 0 Å². The number of benzene rings is 22. The van der Waals surface area contributed by atoms with Gasteiger partial charge in [-0.05, 0) is 261 Å². The van der Waals surface area contributed by atoms with Crippen LogP contribution in [-0.2, 0) is 6.42 Å². The van der Waals surface area contributed by atoms with Crippen LogP contribution in [0.25, 0.3) is 299 Å². The summed E-state index contributed by atoms with van der Waals surface area (Å²) in [5.41, 5.74) is 40.3. The van der Waals surface area contributed by atoms with Gasteiger partial charge in [-0.3, -0.25) is 0 Å². The average Bonchev–Trinajstić information content (AvgIpc) is 1.56. The molecule has 0 unspecified atom stereocenters. The average molecular weight is 1890 g/mol. The van der Waals surface area contributed by atoms with Gasteiger partial charge in [0.25, 0.3) is 0 Å². The van der Waals surface area contributed by atoms with Crippen LogP contribution < -0.4 is 0 Å². The van der Waals surface area contributed by atoms with Crippen LogP contribution in [0.3, 0.4) is 0 Å². The van der Waals surface area contributed by atoms with Crippen molar-refractivity contribution in [2.45, 2.75) is 6.42 Å². The highest BCUT2D eigenvalue weighted by Crippen LogP contribution is 2.52. The molecule has 31 aromatic rings. The summed E-state index contributed by atoms with van der Waals surface area (Å²) >= 11 is 0. The second-order valence-corrected chi connectivity index (χ2v) is 39.1.